The molecule has 0 aromatic heterocycles. The number of ether oxygens (including phenoxy) is 3. The molecule has 0 amide bonds. The second-order valence-electron chi connectivity index (χ2n) is 17.7. The zero-order chi connectivity index (χ0) is 54.3. The van der Waals surface area contributed by atoms with Gasteiger partial charge in [0.25, 0.3) is 0 Å². The molecule has 0 aliphatic heterocycles. The lowest BCUT2D eigenvalue weighted by Gasteiger charge is -2.14. The van der Waals surface area contributed by atoms with Gasteiger partial charge in [-0.25, -0.2) is 13.2 Å². The van der Waals surface area contributed by atoms with Crippen molar-refractivity contribution in [2.75, 3.05) is 0 Å². The fourth-order valence-corrected chi connectivity index (χ4v) is 8.28. The lowest BCUT2D eigenvalue weighted by molar-refractivity contribution is 0.102. The number of hydrogen-bond donors (Lipinski definition) is 0. The first-order chi connectivity index (χ1) is 37.8. The Labute approximate surface area is 444 Å². The number of carbonyl (C=O) groups excluding carboxylic acids is 6. The van der Waals surface area contributed by atoms with Gasteiger partial charge in [-0.2, -0.15) is 0 Å². The summed E-state index contributed by atoms with van der Waals surface area (Å²) in [4.78, 5) is 79.2. The highest BCUT2D eigenvalue weighted by atomic mass is 19.1. The minimum Gasteiger partial charge on any atom is -0.457 e. The Hall–Kier alpha value is -10.6. The molecule has 78 heavy (non-hydrogen) atoms. The van der Waals surface area contributed by atoms with E-state index >= 15 is 0 Å². The van der Waals surface area contributed by atoms with Crippen LogP contribution in [0.25, 0.3) is 0 Å². The summed E-state index contributed by atoms with van der Waals surface area (Å²) in [6.07, 6.45) is 0. The van der Waals surface area contributed by atoms with E-state index in [0.717, 1.165) is 0 Å². The minimum atomic E-state index is -0.456. The van der Waals surface area contributed by atoms with Crippen LogP contribution in [-0.2, 0) is 0 Å². The lowest BCUT2D eigenvalue weighted by Crippen LogP contribution is -2.04. The number of benzene rings is 10. The molecule has 0 spiro atoms. The van der Waals surface area contributed by atoms with Gasteiger partial charge < -0.3 is 14.2 Å². The van der Waals surface area contributed by atoms with Crippen LogP contribution in [0.3, 0.4) is 0 Å². The van der Waals surface area contributed by atoms with Gasteiger partial charge in [0.2, 0.25) is 0 Å². The van der Waals surface area contributed by atoms with Crippen LogP contribution in [0.15, 0.2) is 237 Å². The molecular formula is C66H39F3O9. The molecule has 0 fully saturated rings. The quantitative estimate of drug-likeness (QED) is 0.0771. The van der Waals surface area contributed by atoms with E-state index in [1.54, 1.807) is 164 Å². The monoisotopic (exact) mass is 1030 g/mol. The van der Waals surface area contributed by atoms with E-state index in [1.807, 2.05) is 0 Å². The Bertz CT molecular complexity index is 3460. The van der Waals surface area contributed by atoms with Gasteiger partial charge in [0.15, 0.2) is 34.7 Å². The summed E-state index contributed by atoms with van der Waals surface area (Å²) >= 11 is 0. The maximum absolute atomic E-state index is 13.5. The standard InChI is InChI=1S/C66H39F3O9/c67-52-25-13-46(14-26-52)61(70)40-1-7-43(8-2-40)64(73)49-19-31-55(32-20-49)76-58-37-59(77-56-33-21-50(22-34-56)65(74)44-9-3-41(4-10-44)62(71)47-15-27-53(68)28-16-47)39-60(38-58)78-57-35-23-51(24-36-57)66(75)45-11-5-42(6-12-45)63(72)48-17-29-54(69)30-18-48/h1-39H. The molecule has 0 unspecified atom stereocenters. The molecule has 0 radical (unpaired) electrons. The number of halogens is 3. The van der Waals surface area contributed by atoms with Crippen LogP contribution in [0, 0.1) is 17.5 Å². The number of rotatable bonds is 18. The largest absolute Gasteiger partial charge is 0.457 e. The molecule has 0 aliphatic rings. The Morgan fingerprint density at radius 2 is 0.321 bits per heavy atom. The number of carbonyl (C=O) groups is 6. The molecule has 12 heteroatoms. The van der Waals surface area contributed by atoms with Gasteiger partial charge in [0, 0.05) is 85.0 Å². The van der Waals surface area contributed by atoms with Gasteiger partial charge in [-0.3, -0.25) is 28.8 Å². The van der Waals surface area contributed by atoms with E-state index in [2.05, 4.69) is 0 Å². The summed E-state index contributed by atoms with van der Waals surface area (Å²) in [6, 6.07) is 58.4. The highest BCUT2D eigenvalue weighted by Gasteiger charge is 2.18. The molecule has 9 nitrogen and oxygen atoms in total. The average molecular weight is 1030 g/mol. The molecule has 0 atom stereocenters. The smallest absolute Gasteiger partial charge is 0.193 e. The zero-order valence-corrected chi connectivity index (χ0v) is 40.8. The number of hydrogen-bond acceptors (Lipinski definition) is 9. The van der Waals surface area contributed by atoms with Crippen molar-refractivity contribution in [1.29, 1.82) is 0 Å². The summed E-state index contributed by atoms with van der Waals surface area (Å²) in [5.74, 6) is -1.26. The van der Waals surface area contributed by atoms with Gasteiger partial charge in [-0.05, 0) is 146 Å². The first-order valence-electron chi connectivity index (χ1n) is 24.1. The summed E-state index contributed by atoms with van der Waals surface area (Å²) in [5.41, 5.74) is 4.07. The third-order valence-electron chi connectivity index (χ3n) is 12.5. The summed E-state index contributed by atoms with van der Waals surface area (Å²) in [6.45, 7) is 0. The third-order valence-corrected chi connectivity index (χ3v) is 12.5. The zero-order valence-electron chi connectivity index (χ0n) is 40.8. The van der Waals surface area contributed by atoms with Gasteiger partial charge in [0.1, 0.15) is 51.9 Å². The molecule has 0 saturated heterocycles. The van der Waals surface area contributed by atoms with Crippen molar-refractivity contribution in [2.24, 2.45) is 0 Å². The van der Waals surface area contributed by atoms with E-state index in [1.165, 1.54) is 72.8 Å². The van der Waals surface area contributed by atoms with Gasteiger partial charge in [-0.15, -0.1) is 0 Å². The fraction of sp³-hybridized carbons (Fsp3) is 0. The van der Waals surface area contributed by atoms with Crippen LogP contribution in [0.5, 0.6) is 34.5 Å². The summed E-state index contributed by atoms with van der Waals surface area (Å²) < 4.78 is 59.1. The first kappa shape index (κ1) is 50.9. The van der Waals surface area contributed by atoms with Crippen LogP contribution < -0.4 is 14.2 Å². The Morgan fingerprint density at radius 1 is 0.192 bits per heavy atom. The second-order valence-corrected chi connectivity index (χ2v) is 17.7. The first-order valence-corrected chi connectivity index (χ1v) is 24.1. The fourth-order valence-electron chi connectivity index (χ4n) is 8.28. The van der Waals surface area contributed by atoms with E-state index in [0.29, 0.717) is 84.0 Å². The number of ketones is 6. The van der Waals surface area contributed by atoms with E-state index < -0.39 is 17.5 Å². The average Bonchev–Trinajstić information content (AvgIpc) is 3.49. The van der Waals surface area contributed by atoms with Crippen molar-refractivity contribution >= 4 is 34.7 Å². The molecule has 0 bridgehead atoms. The molecule has 0 N–H and O–H groups in total. The van der Waals surface area contributed by atoms with Crippen LogP contribution in [0.1, 0.15) is 95.5 Å². The SMILES string of the molecule is O=C(c1ccc(F)cc1)c1ccc(C(=O)c2ccc(Oc3cc(Oc4ccc(C(=O)c5ccc(C(=O)c6ccc(F)cc6)cc5)cc4)cc(Oc4ccc(C(=O)c5ccc(C(=O)c6ccc(F)cc6)cc5)cc4)c3)cc2)cc1. The van der Waals surface area contributed by atoms with Crippen LogP contribution >= 0.6 is 0 Å². The summed E-state index contributed by atoms with van der Waals surface area (Å²) in [5, 5.41) is 0. The summed E-state index contributed by atoms with van der Waals surface area (Å²) in [7, 11) is 0. The van der Waals surface area contributed by atoms with Crippen molar-refractivity contribution in [1.82, 2.24) is 0 Å². The van der Waals surface area contributed by atoms with Gasteiger partial charge in [0.05, 0.1) is 0 Å². The van der Waals surface area contributed by atoms with Crippen molar-refractivity contribution in [2.45, 2.75) is 0 Å². The molecule has 0 aliphatic carbocycles. The van der Waals surface area contributed by atoms with E-state index in [9.17, 15) is 41.9 Å². The highest BCUT2D eigenvalue weighted by molar-refractivity contribution is 6.14. The van der Waals surface area contributed by atoms with Crippen LogP contribution in [-0.4, -0.2) is 34.7 Å². The minimum absolute atomic E-state index is 0.282. The molecular weight excluding hydrogens is 994 g/mol. The van der Waals surface area contributed by atoms with E-state index in [-0.39, 0.29) is 51.9 Å². The van der Waals surface area contributed by atoms with Gasteiger partial charge >= 0.3 is 0 Å². The maximum atomic E-state index is 13.5. The molecule has 378 valence electrons. The Balaban J connectivity index is 0.849. The van der Waals surface area contributed by atoms with E-state index in [4.69, 9.17) is 14.2 Å². The molecule has 10 aromatic carbocycles. The van der Waals surface area contributed by atoms with Crippen LogP contribution in [0.2, 0.25) is 0 Å². The van der Waals surface area contributed by atoms with Crippen molar-refractivity contribution in [3.8, 4) is 34.5 Å². The lowest BCUT2D eigenvalue weighted by atomic mass is 9.98. The third kappa shape index (κ3) is 11.8. The van der Waals surface area contributed by atoms with Crippen LogP contribution in [0.4, 0.5) is 13.2 Å². The Morgan fingerprint density at radius 3 is 0.474 bits per heavy atom. The molecule has 10 aromatic rings. The second kappa shape index (κ2) is 22.5. The van der Waals surface area contributed by atoms with Gasteiger partial charge in [-0.1, -0.05) is 72.8 Å². The molecule has 0 saturated carbocycles. The topological polar surface area (TPSA) is 130 Å². The predicted molar refractivity (Wildman–Crippen MR) is 285 cm³/mol. The highest BCUT2D eigenvalue weighted by Crippen LogP contribution is 2.36. The van der Waals surface area contributed by atoms with Crippen molar-refractivity contribution < 1.29 is 56.1 Å². The Kier molecular flexibility index (Phi) is 14.7. The predicted octanol–water partition coefficient (Wildman–Crippen LogP) is 14.9. The van der Waals surface area contributed by atoms with Crippen molar-refractivity contribution in [3.63, 3.8) is 0 Å². The normalized spacial score (nSPS) is 10.8. The van der Waals surface area contributed by atoms with Crippen molar-refractivity contribution in [3.05, 3.63) is 321 Å². The molecule has 10 rings (SSSR count). The molecule has 0 heterocycles. The maximum Gasteiger partial charge on any atom is 0.193 e.